The van der Waals surface area contributed by atoms with E-state index in [9.17, 15) is 19.5 Å². The number of allylic oxidation sites excluding steroid dienone is 1. The quantitative estimate of drug-likeness (QED) is 0.300. The summed E-state index contributed by atoms with van der Waals surface area (Å²) in [5, 5.41) is 13.4. The van der Waals surface area contributed by atoms with Gasteiger partial charge in [0.05, 0.1) is 19.6 Å². The third-order valence-corrected chi connectivity index (χ3v) is 7.49. The maximum Gasteiger partial charge on any atom is 0.342 e. The number of cyclic esters (lactones) is 1. The number of fused-ring (bicyclic) bond motifs is 3. The average molecular weight is 529 g/mol. The van der Waals surface area contributed by atoms with Crippen molar-refractivity contribution in [2.75, 3.05) is 7.11 Å². The first-order valence-corrected chi connectivity index (χ1v) is 13.4. The Bertz CT molecular complexity index is 1470. The zero-order valence-corrected chi connectivity index (χ0v) is 22.2. The number of hydrogen-bond donors (Lipinski definition) is 1. The van der Waals surface area contributed by atoms with Crippen LogP contribution in [0.3, 0.4) is 0 Å². The number of methoxy groups -OCH3 is 1. The van der Waals surface area contributed by atoms with Crippen LogP contribution in [0, 0.1) is 0 Å². The maximum atomic E-state index is 13.5. The van der Waals surface area contributed by atoms with Gasteiger partial charge in [-0.2, -0.15) is 0 Å². The van der Waals surface area contributed by atoms with Gasteiger partial charge in [0, 0.05) is 29.7 Å². The van der Waals surface area contributed by atoms with Crippen molar-refractivity contribution in [2.24, 2.45) is 0 Å². The fourth-order valence-corrected chi connectivity index (χ4v) is 5.56. The molecular weight excluding hydrogens is 496 g/mol. The number of rotatable bonds is 2. The Morgan fingerprint density at radius 1 is 1.00 bits per heavy atom. The molecule has 0 aliphatic carbocycles. The third-order valence-electron chi connectivity index (χ3n) is 7.49. The van der Waals surface area contributed by atoms with Gasteiger partial charge in [-0.15, -0.1) is 0 Å². The topological polar surface area (TPSA) is 99.1 Å². The first-order valence-electron chi connectivity index (χ1n) is 13.4. The molecule has 0 saturated heterocycles. The van der Waals surface area contributed by atoms with Crippen LogP contribution in [0.4, 0.5) is 0 Å². The van der Waals surface area contributed by atoms with E-state index in [1.54, 1.807) is 26.2 Å². The molecule has 0 bridgehead atoms. The van der Waals surface area contributed by atoms with Gasteiger partial charge in [0.15, 0.2) is 0 Å². The zero-order chi connectivity index (χ0) is 27.5. The number of phenols is 1. The van der Waals surface area contributed by atoms with Gasteiger partial charge in [0.25, 0.3) is 0 Å². The lowest BCUT2D eigenvalue weighted by Crippen LogP contribution is -2.23. The van der Waals surface area contributed by atoms with Gasteiger partial charge in [-0.3, -0.25) is 9.59 Å². The van der Waals surface area contributed by atoms with Crippen LogP contribution in [-0.4, -0.2) is 36.0 Å². The second kappa shape index (κ2) is 11.3. The van der Waals surface area contributed by atoms with E-state index in [-0.39, 0.29) is 29.3 Å². The number of ketones is 1. The summed E-state index contributed by atoms with van der Waals surface area (Å²) in [6.45, 7) is 1.79. The van der Waals surface area contributed by atoms with Crippen LogP contribution in [-0.2, 0) is 14.3 Å². The molecule has 7 heteroatoms. The van der Waals surface area contributed by atoms with Gasteiger partial charge in [-0.1, -0.05) is 42.5 Å². The predicted molar refractivity (Wildman–Crippen MR) is 147 cm³/mol. The number of carbonyl (C=O) groups excluding carboxylic acids is 3. The molecule has 2 heterocycles. The van der Waals surface area contributed by atoms with Crippen molar-refractivity contribution in [2.45, 2.75) is 63.9 Å². The minimum Gasteiger partial charge on any atom is -0.507 e. The van der Waals surface area contributed by atoms with E-state index in [0.717, 1.165) is 16.3 Å². The molecular formula is C32H32O7. The summed E-state index contributed by atoms with van der Waals surface area (Å²) in [4.78, 5) is 38.3. The highest BCUT2D eigenvalue weighted by molar-refractivity contribution is 5.99. The first kappa shape index (κ1) is 26.5. The Labute approximate surface area is 227 Å². The lowest BCUT2D eigenvalue weighted by Gasteiger charge is -2.28. The maximum absolute atomic E-state index is 13.5. The highest BCUT2D eigenvalue weighted by Crippen LogP contribution is 2.49. The summed E-state index contributed by atoms with van der Waals surface area (Å²) in [6, 6.07) is 13.1. The number of carbonyl (C=O) groups is 3. The van der Waals surface area contributed by atoms with Crippen LogP contribution >= 0.6 is 0 Å². The van der Waals surface area contributed by atoms with Crippen LogP contribution in [0.1, 0.15) is 84.8 Å². The molecule has 7 nitrogen and oxygen atoms in total. The molecule has 0 saturated carbocycles. The van der Waals surface area contributed by atoms with Crippen LogP contribution in [0.25, 0.3) is 16.8 Å². The van der Waals surface area contributed by atoms with Crippen molar-refractivity contribution in [3.63, 3.8) is 0 Å². The summed E-state index contributed by atoms with van der Waals surface area (Å²) in [6.07, 6.45) is 6.63. The monoisotopic (exact) mass is 528 g/mol. The van der Waals surface area contributed by atoms with E-state index in [2.05, 4.69) is 0 Å². The van der Waals surface area contributed by atoms with Gasteiger partial charge in [0.2, 0.25) is 0 Å². The standard InChI is InChI=1S/C32H32O7/c1-19-9-8-12-21(33)11-5-3-4-10-20-17-27-30(31(35)29(20)32(36)38-19)25(18-28(34)39-27)23-15-16-26(37-2)24-14-7-6-13-22(23)24/h4,6-7,10,13-17,19,25,35H,3,5,8-9,11-12,18H2,1-2H3/t19-,25-/m1/s1. The second-order valence-electron chi connectivity index (χ2n) is 10.2. The lowest BCUT2D eigenvalue weighted by molar-refractivity contribution is -0.135. The lowest BCUT2D eigenvalue weighted by atomic mass is 9.81. The van der Waals surface area contributed by atoms with Crippen molar-refractivity contribution in [1.82, 2.24) is 0 Å². The van der Waals surface area contributed by atoms with Crippen LogP contribution in [0.5, 0.6) is 17.2 Å². The van der Waals surface area contributed by atoms with Crippen LogP contribution in [0.2, 0.25) is 0 Å². The van der Waals surface area contributed by atoms with Gasteiger partial charge in [-0.25, -0.2) is 4.79 Å². The van der Waals surface area contributed by atoms with Gasteiger partial charge in [0.1, 0.15) is 28.6 Å². The van der Waals surface area contributed by atoms with Crippen molar-refractivity contribution in [3.8, 4) is 17.2 Å². The van der Waals surface area contributed by atoms with Crippen molar-refractivity contribution < 1.29 is 33.7 Å². The molecule has 2 aliphatic heterocycles. The van der Waals surface area contributed by atoms with Crippen molar-refractivity contribution in [1.29, 1.82) is 0 Å². The molecule has 2 aliphatic rings. The Balaban J connectivity index is 1.66. The average Bonchev–Trinajstić information content (AvgIpc) is 2.91. The fourth-order valence-electron chi connectivity index (χ4n) is 5.56. The number of ether oxygens (including phenoxy) is 3. The Hall–Kier alpha value is -4.13. The SMILES string of the molecule is COc1ccc([C@H]2CC(=O)Oc3cc4c(c(O)c32)C(=O)O[C@H](C)CCCC(=O)CCCC=C4)c2ccccc12. The molecule has 3 aromatic carbocycles. The van der Waals surface area contributed by atoms with E-state index in [1.165, 1.54) is 0 Å². The normalized spacial score (nSPS) is 20.4. The second-order valence-corrected chi connectivity index (χ2v) is 10.2. The molecule has 39 heavy (non-hydrogen) atoms. The number of aromatic hydroxyl groups is 1. The molecule has 2 atom stereocenters. The van der Waals surface area contributed by atoms with Gasteiger partial charge < -0.3 is 19.3 Å². The van der Waals surface area contributed by atoms with Crippen LogP contribution < -0.4 is 9.47 Å². The number of benzene rings is 3. The highest BCUT2D eigenvalue weighted by Gasteiger charge is 2.36. The van der Waals surface area contributed by atoms with E-state index >= 15 is 0 Å². The minimum absolute atomic E-state index is 0.00495. The molecule has 0 amide bonds. The van der Waals surface area contributed by atoms with Crippen molar-refractivity contribution >= 4 is 34.6 Å². The number of phenolic OH excluding ortho intramolecular Hbond substituents is 1. The smallest absolute Gasteiger partial charge is 0.342 e. The van der Waals surface area contributed by atoms with E-state index < -0.39 is 24.0 Å². The molecule has 3 aromatic rings. The highest BCUT2D eigenvalue weighted by atomic mass is 16.5. The Morgan fingerprint density at radius 3 is 2.56 bits per heavy atom. The molecule has 0 fully saturated rings. The van der Waals surface area contributed by atoms with Crippen molar-refractivity contribution in [3.05, 3.63) is 70.8 Å². The summed E-state index contributed by atoms with van der Waals surface area (Å²) < 4.78 is 16.9. The zero-order valence-electron chi connectivity index (χ0n) is 22.2. The van der Waals surface area contributed by atoms with Gasteiger partial charge in [-0.05, 0) is 61.3 Å². The number of esters is 2. The van der Waals surface area contributed by atoms with Gasteiger partial charge >= 0.3 is 11.9 Å². The fraction of sp³-hybridized carbons (Fsp3) is 0.344. The molecule has 0 aromatic heterocycles. The predicted octanol–water partition coefficient (Wildman–Crippen LogP) is 6.48. The summed E-state index contributed by atoms with van der Waals surface area (Å²) >= 11 is 0. The largest absolute Gasteiger partial charge is 0.507 e. The minimum atomic E-state index is -0.652. The molecule has 5 rings (SSSR count). The number of Topliss-reactive ketones (excluding diaryl/α,β-unsaturated/α-hetero) is 1. The first-order chi connectivity index (χ1) is 18.9. The third kappa shape index (κ3) is 5.39. The number of hydrogen-bond acceptors (Lipinski definition) is 7. The Kier molecular flexibility index (Phi) is 7.68. The molecule has 1 N–H and O–H groups in total. The molecule has 0 radical (unpaired) electrons. The molecule has 0 unspecified atom stereocenters. The Morgan fingerprint density at radius 2 is 1.77 bits per heavy atom. The van der Waals surface area contributed by atoms with E-state index in [4.69, 9.17) is 14.2 Å². The molecule has 202 valence electrons. The molecule has 0 spiro atoms. The summed E-state index contributed by atoms with van der Waals surface area (Å²) in [5.41, 5.74) is 1.65. The summed E-state index contributed by atoms with van der Waals surface area (Å²) in [5.74, 6) is -0.748. The van der Waals surface area contributed by atoms with E-state index in [1.807, 2.05) is 42.5 Å². The summed E-state index contributed by atoms with van der Waals surface area (Å²) in [7, 11) is 1.61. The van der Waals surface area contributed by atoms with Crippen LogP contribution in [0.15, 0.2) is 48.5 Å². The van der Waals surface area contributed by atoms with E-state index in [0.29, 0.717) is 55.4 Å².